The highest BCUT2D eigenvalue weighted by molar-refractivity contribution is 5.80. The Kier molecular flexibility index (Phi) is 5.60. The van der Waals surface area contributed by atoms with Crippen molar-refractivity contribution in [3.05, 3.63) is 0 Å². The Balaban J connectivity index is 1.33. The van der Waals surface area contributed by atoms with Gasteiger partial charge in [0, 0.05) is 0 Å². The zero-order valence-electron chi connectivity index (χ0n) is 15.0. The summed E-state index contributed by atoms with van der Waals surface area (Å²) in [5.74, 6) is -2.84. The molecule has 3 unspecified atom stereocenters. The monoisotopic (exact) mass is 384 g/mol. The summed E-state index contributed by atoms with van der Waals surface area (Å²) < 4.78 is 30.9. The van der Waals surface area contributed by atoms with Gasteiger partial charge in [0.15, 0.2) is 0 Å². The summed E-state index contributed by atoms with van der Waals surface area (Å²) in [6.45, 7) is 2.39. The molecule has 0 N–H and O–H groups in total. The Labute approximate surface area is 156 Å². The number of epoxide rings is 3. The van der Waals surface area contributed by atoms with Gasteiger partial charge in [0.05, 0.1) is 37.6 Å². The lowest BCUT2D eigenvalue weighted by Crippen LogP contribution is -2.37. The summed E-state index contributed by atoms with van der Waals surface area (Å²) in [6, 6.07) is 0. The maximum Gasteiger partial charge on any atom is 0.309 e. The fourth-order valence-electron chi connectivity index (χ4n) is 3.27. The SMILES string of the molecule is O=C(OCC1CO1)C1CC(C(=O)OCC2CO2)CC(C(=O)OCC2CO2)C1. The molecule has 0 spiro atoms. The molecule has 9 heteroatoms. The van der Waals surface area contributed by atoms with E-state index in [4.69, 9.17) is 28.4 Å². The molecule has 0 aromatic carbocycles. The summed E-state index contributed by atoms with van der Waals surface area (Å²) in [5.41, 5.74) is 0. The Hall–Kier alpha value is -1.71. The molecule has 4 fully saturated rings. The molecule has 27 heavy (non-hydrogen) atoms. The first-order valence-corrected chi connectivity index (χ1v) is 9.43. The average Bonchev–Trinajstić information content (AvgIpc) is 3.54. The zero-order valence-corrected chi connectivity index (χ0v) is 15.0. The van der Waals surface area contributed by atoms with Crippen molar-refractivity contribution in [3.63, 3.8) is 0 Å². The molecule has 1 saturated carbocycles. The van der Waals surface area contributed by atoms with Crippen LogP contribution in [0, 0.1) is 17.8 Å². The third-order valence-corrected chi connectivity index (χ3v) is 5.15. The molecule has 3 aliphatic heterocycles. The van der Waals surface area contributed by atoms with Crippen molar-refractivity contribution in [3.8, 4) is 0 Å². The summed E-state index contributed by atoms with van der Waals surface area (Å²) >= 11 is 0. The van der Waals surface area contributed by atoms with E-state index in [9.17, 15) is 14.4 Å². The van der Waals surface area contributed by atoms with Gasteiger partial charge >= 0.3 is 17.9 Å². The van der Waals surface area contributed by atoms with E-state index in [2.05, 4.69) is 0 Å². The van der Waals surface area contributed by atoms with E-state index in [0.717, 1.165) is 0 Å². The second-order valence-corrected chi connectivity index (χ2v) is 7.55. The van der Waals surface area contributed by atoms with Gasteiger partial charge in [-0.3, -0.25) is 14.4 Å². The Bertz CT molecular complexity index is 493. The minimum Gasteiger partial charge on any atom is -0.463 e. The zero-order chi connectivity index (χ0) is 18.8. The van der Waals surface area contributed by atoms with Gasteiger partial charge in [0.1, 0.15) is 38.1 Å². The molecule has 9 nitrogen and oxygen atoms in total. The van der Waals surface area contributed by atoms with Crippen molar-refractivity contribution in [2.75, 3.05) is 39.6 Å². The smallest absolute Gasteiger partial charge is 0.309 e. The molecule has 0 aromatic heterocycles. The summed E-state index contributed by atoms with van der Waals surface area (Å²) in [4.78, 5) is 37.2. The third-order valence-electron chi connectivity index (χ3n) is 5.15. The number of carbonyl (C=O) groups is 3. The van der Waals surface area contributed by atoms with Gasteiger partial charge in [-0.1, -0.05) is 0 Å². The van der Waals surface area contributed by atoms with Crippen LogP contribution in [0.1, 0.15) is 19.3 Å². The van der Waals surface area contributed by atoms with Gasteiger partial charge in [-0.2, -0.15) is 0 Å². The fraction of sp³-hybridized carbons (Fsp3) is 0.833. The van der Waals surface area contributed by atoms with Crippen LogP contribution in [-0.2, 0) is 42.8 Å². The molecule has 0 aromatic rings. The van der Waals surface area contributed by atoms with E-state index in [0.29, 0.717) is 39.1 Å². The molecular weight excluding hydrogens is 360 g/mol. The van der Waals surface area contributed by atoms with Crippen LogP contribution < -0.4 is 0 Å². The summed E-state index contributed by atoms with van der Waals surface area (Å²) in [6.07, 6.45) is 0.835. The molecule has 0 radical (unpaired) electrons. The second kappa shape index (κ2) is 8.12. The predicted molar refractivity (Wildman–Crippen MR) is 86.4 cm³/mol. The second-order valence-electron chi connectivity index (χ2n) is 7.55. The topological polar surface area (TPSA) is 116 Å². The molecule has 4 aliphatic rings. The van der Waals surface area contributed by atoms with Crippen LogP contribution in [0.25, 0.3) is 0 Å². The number of rotatable bonds is 9. The van der Waals surface area contributed by atoms with Gasteiger partial charge in [0.2, 0.25) is 0 Å². The molecule has 4 rings (SSSR count). The Morgan fingerprint density at radius 3 is 1.07 bits per heavy atom. The van der Waals surface area contributed by atoms with E-state index in [-0.39, 0.29) is 38.1 Å². The lowest BCUT2D eigenvalue weighted by molar-refractivity contribution is -0.161. The first kappa shape index (κ1) is 18.6. The van der Waals surface area contributed by atoms with Gasteiger partial charge in [-0.05, 0) is 19.3 Å². The quantitative estimate of drug-likeness (QED) is 0.304. The van der Waals surface area contributed by atoms with Crippen LogP contribution in [-0.4, -0.2) is 75.9 Å². The van der Waals surface area contributed by atoms with E-state index < -0.39 is 35.7 Å². The third kappa shape index (κ3) is 5.63. The van der Waals surface area contributed by atoms with E-state index in [1.165, 1.54) is 0 Å². The summed E-state index contributed by atoms with van der Waals surface area (Å²) in [5, 5.41) is 0. The lowest BCUT2D eigenvalue weighted by Gasteiger charge is -2.31. The van der Waals surface area contributed by atoms with Crippen molar-refractivity contribution in [1.29, 1.82) is 0 Å². The number of hydrogen-bond acceptors (Lipinski definition) is 9. The van der Waals surface area contributed by atoms with Crippen molar-refractivity contribution in [2.45, 2.75) is 37.6 Å². The molecule has 3 heterocycles. The van der Waals surface area contributed by atoms with Crippen LogP contribution in [0.5, 0.6) is 0 Å². The first-order valence-electron chi connectivity index (χ1n) is 9.43. The van der Waals surface area contributed by atoms with Crippen LogP contribution >= 0.6 is 0 Å². The van der Waals surface area contributed by atoms with Gasteiger partial charge < -0.3 is 28.4 Å². The first-order chi connectivity index (χ1) is 13.1. The van der Waals surface area contributed by atoms with Crippen molar-refractivity contribution < 1.29 is 42.8 Å². The summed E-state index contributed by atoms with van der Waals surface area (Å²) in [7, 11) is 0. The van der Waals surface area contributed by atoms with Crippen LogP contribution in [0.4, 0.5) is 0 Å². The highest BCUT2D eigenvalue weighted by Gasteiger charge is 2.42. The number of hydrogen-bond donors (Lipinski definition) is 0. The average molecular weight is 384 g/mol. The maximum atomic E-state index is 12.4. The van der Waals surface area contributed by atoms with Crippen molar-refractivity contribution in [1.82, 2.24) is 0 Å². The largest absolute Gasteiger partial charge is 0.463 e. The lowest BCUT2D eigenvalue weighted by atomic mass is 9.75. The predicted octanol–water partition coefficient (Wildman–Crippen LogP) is -0.155. The Morgan fingerprint density at radius 1 is 0.593 bits per heavy atom. The molecule has 0 bridgehead atoms. The van der Waals surface area contributed by atoms with Crippen molar-refractivity contribution >= 4 is 17.9 Å². The molecule has 3 saturated heterocycles. The number of carbonyl (C=O) groups excluding carboxylic acids is 3. The molecular formula is C18H24O9. The van der Waals surface area contributed by atoms with E-state index in [1.54, 1.807) is 0 Å². The number of ether oxygens (including phenoxy) is 6. The Morgan fingerprint density at radius 2 is 0.852 bits per heavy atom. The minimum absolute atomic E-state index is 0.0313. The standard InChI is InChI=1S/C18H24O9/c19-16(25-7-13-4-22-13)10-1-11(17(20)26-8-14-5-23-14)3-12(2-10)18(21)27-9-15-6-24-15/h10-15H,1-9H2. The highest BCUT2D eigenvalue weighted by atomic mass is 16.6. The van der Waals surface area contributed by atoms with Crippen LogP contribution in [0.2, 0.25) is 0 Å². The molecule has 3 atom stereocenters. The maximum absolute atomic E-state index is 12.4. The normalized spacial score (nSPS) is 36.4. The van der Waals surface area contributed by atoms with Crippen LogP contribution in [0.3, 0.4) is 0 Å². The van der Waals surface area contributed by atoms with E-state index in [1.807, 2.05) is 0 Å². The highest BCUT2D eigenvalue weighted by Crippen LogP contribution is 2.36. The molecule has 150 valence electrons. The molecule has 0 amide bonds. The van der Waals surface area contributed by atoms with Gasteiger partial charge in [0.25, 0.3) is 0 Å². The van der Waals surface area contributed by atoms with Crippen molar-refractivity contribution in [2.24, 2.45) is 17.8 Å². The molecule has 1 aliphatic carbocycles. The van der Waals surface area contributed by atoms with Crippen LogP contribution in [0.15, 0.2) is 0 Å². The fourth-order valence-corrected chi connectivity index (χ4v) is 3.27. The number of esters is 3. The van der Waals surface area contributed by atoms with E-state index >= 15 is 0 Å². The van der Waals surface area contributed by atoms with Gasteiger partial charge in [-0.15, -0.1) is 0 Å². The minimum atomic E-state index is -0.540. The van der Waals surface area contributed by atoms with Gasteiger partial charge in [-0.25, -0.2) is 0 Å².